The van der Waals surface area contributed by atoms with Gasteiger partial charge in [-0.2, -0.15) is 0 Å². The van der Waals surface area contributed by atoms with Gasteiger partial charge < -0.3 is 19.5 Å². The van der Waals surface area contributed by atoms with Crippen molar-refractivity contribution in [1.82, 2.24) is 0 Å². The van der Waals surface area contributed by atoms with Gasteiger partial charge in [0.05, 0.1) is 7.11 Å². The molecule has 1 N–H and O–H groups in total. The van der Waals surface area contributed by atoms with Crippen LogP contribution in [0.25, 0.3) is 6.08 Å². The molecule has 0 aliphatic rings. The van der Waals surface area contributed by atoms with Crippen molar-refractivity contribution < 1.29 is 23.8 Å². The van der Waals surface area contributed by atoms with Crippen LogP contribution in [0.2, 0.25) is 0 Å². The van der Waals surface area contributed by atoms with E-state index in [9.17, 15) is 9.59 Å². The van der Waals surface area contributed by atoms with Crippen molar-refractivity contribution in [3.05, 3.63) is 59.2 Å². The summed E-state index contributed by atoms with van der Waals surface area (Å²) in [6.07, 6.45) is 2.89. The second kappa shape index (κ2) is 10.3. The van der Waals surface area contributed by atoms with E-state index >= 15 is 0 Å². The minimum Gasteiger partial charge on any atom is -0.493 e. The van der Waals surface area contributed by atoms with Gasteiger partial charge in [-0.05, 0) is 56.5 Å². The van der Waals surface area contributed by atoms with E-state index in [-0.39, 0.29) is 6.61 Å². The number of aryl methyl sites for hydroxylation is 2. The molecule has 0 aliphatic carbocycles. The van der Waals surface area contributed by atoms with Gasteiger partial charge in [-0.15, -0.1) is 0 Å². The van der Waals surface area contributed by atoms with Crippen LogP contribution in [-0.4, -0.2) is 31.7 Å². The molecule has 154 valence electrons. The monoisotopic (exact) mass is 397 g/mol. The SMILES string of the molecule is C/C=C/c1ccc(OCC(=O)O[C@@H](C)C(=O)Nc2c(C)cccc2C)c(OC)c1. The number of para-hydroxylation sites is 1. The molecule has 1 amide bonds. The summed E-state index contributed by atoms with van der Waals surface area (Å²) in [5.74, 6) is -0.114. The van der Waals surface area contributed by atoms with Crippen LogP contribution in [0.1, 0.15) is 30.5 Å². The lowest BCUT2D eigenvalue weighted by Crippen LogP contribution is -2.32. The summed E-state index contributed by atoms with van der Waals surface area (Å²) in [6.45, 7) is 6.92. The van der Waals surface area contributed by atoms with E-state index in [1.807, 2.05) is 57.2 Å². The van der Waals surface area contributed by atoms with Gasteiger partial charge in [0.25, 0.3) is 5.91 Å². The summed E-state index contributed by atoms with van der Waals surface area (Å²) in [6, 6.07) is 11.1. The highest BCUT2D eigenvalue weighted by atomic mass is 16.6. The first-order chi connectivity index (χ1) is 13.8. The first kappa shape index (κ1) is 22.0. The molecule has 2 aromatic carbocycles. The number of allylic oxidation sites excluding steroid dienone is 1. The quantitative estimate of drug-likeness (QED) is 0.673. The van der Waals surface area contributed by atoms with Crippen molar-refractivity contribution in [3.8, 4) is 11.5 Å². The van der Waals surface area contributed by atoms with Gasteiger partial charge in [0.1, 0.15) is 0 Å². The topological polar surface area (TPSA) is 73.9 Å². The molecule has 1 atom stereocenters. The Balaban J connectivity index is 1.92. The highest BCUT2D eigenvalue weighted by Crippen LogP contribution is 2.28. The van der Waals surface area contributed by atoms with Crippen molar-refractivity contribution >= 4 is 23.6 Å². The highest BCUT2D eigenvalue weighted by Gasteiger charge is 2.20. The number of methoxy groups -OCH3 is 1. The Bertz CT molecular complexity index is 884. The normalized spacial score (nSPS) is 11.8. The zero-order valence-corrected chi connectivity index (χ0v) is 17.4. The van der Waals surface area contributed by atoms with Crippen LogP contribution >= 0.6 is 0 Å². The third kappa shape index (κ3) is 6.10. The zero-order valence-electron chi connectivity index (χ0n) is 17.4. The number of hydrogen-bond donors (Lipinski definition) is 1. The third-order valence-corrected chi connectivity index (χ3v) is 4.30. The van der Waals surface area contributed by atoms with Gasteiger partial charge in [0, 0.05) is 5.69 Å². The maximum absolute atomic E-state index is 12.4. The maximum atomic E-state index is 12.4. The minimum absolute atomic E-state index is 0.333. The Labute approximate surface area is 171 Å². The molecular weight excluding hydrogens is 370 g/mol. The van der Waals surface area contributed by atoms with E-state index in [0.29, 0.717) is 11.5 Å². The Morgan fingerprint density at radius 2 is 1.79 bits per heavy atom. The van der Waals surface area contributed by atoms with Gasteiger partial charge in [-0.3, -0.25) is 4.79 Å². The van der Waals surface area contributed by atoms with E-state index in [0.717, 1.165) is 22.4 Å². The van der Waals surface area contributed by atoms with Crippen LogP contribution in [0.5, 0.6) is 11.5 Å². The third-order valence-electron chi connectivity index (χ3n) is 4.30. The second-order valence-corrected chi connectivity index (χ2v) is 6.59. The summed E-state index contributed by atoms with van der Waals surface area (Å²) in [4.78, 5) is 24.5. The van der Waals surface area contributed by atoms with Gasteiger partial charge in [-0.1, -0.05) is 36.4 Å². The molecule has 29 heavy (non-hydrogen) atoms. The fourth-order valence-corrected chi connectivity index (χ4v) is 2.76. The number of hydrogen-bond acceptors (Lipinski definition) is 5. The zero-order chi connectivity index (χ0) is 21.4. The van der Waals surface area contributed by atoms with E-state index in [2.05, 4.69) is 5.32 Å². The molecule has 2 rings (SSSR count). The Hall–Kier alpha value is -3.28. The van der Waals surface area contributed by atoms with E-state index in [1.54, 1.807) is 12.1 Å². The molecule has 2 aromatic rings. The lowest BCUT2D eigenvalue weighted by molar-refractivity contribution is -0.155. The maximum Gasteiger partial charge on any atom is 0.344 e. The van der Waals surface area contributed by atoms with Crippen molar-refractivity contribution in [3.63, 3.8) is 0 Å². The molecule has 0 spiro atoms. The average molecular weight is 397 g/mol. The van der Waals surface area contributed by atoms with Crippen LogP contribution in [0.4, 0.5) is 5.69 Å². The first-order valence-electron chi connectivity index (χ1n) is 9.35. The number of esters is 1. The number of ether oxygens (including phenoxy) is 3. The lowest BCUT2D eigenvalue weighted by atomic mass is 10.1. The number of carbonyl (C=O) groups is 2. The molecule has 0 fully saturated rings. The van der Waals surface area contributed by atoms with Crippen LogP contribution in [0.3, 0.4) is 0 Å². The van der Waals surface area contributed by atoms with Crippen LogP contribution in [-0.2, 0) is 14.3 Å². The van der Waals surface area contributed by atoms with Crippen molar-refractivity contribution in [1.29, 1.82) is 0 Å². The van der Waals surface area contributed by atoms with Gasteiger partial charge in [0.15, 0.2) is 24.2 Å². The predicted molar refractivity (Wildman–Crippen MR) is 113 cm³/mol. The molecule has 0 aromatic heterocycles. The largest absolute Gasteiger partial charge is 0.493 e. The molecule has 0 unspecified atom stereocenters. The average Bonchev–Trinajstić information content (AvgIpc) is 2.69. The summed E-state index contributed by atoms with van der Waals surface area (Å²) in [5.41, 5.74) is 3.56. The number of nitrogens with one attached hydrogen (secondary N) is 1. The van der Waals surface area contributed by atoms with E-state index in [4.69, 9.17) is 14.2 Å². The second-order valence-electron chi connectivity index (χ2n) is 6.59. The number of benzene rings is 2. The lowest BCUT2D eigenvalue weighted by Gasteiger charge is -2.16. The molecule has 0 saturated carbocycles. The molecule has 0 aliphatic heterocycles. The fourth-order valence-electron chi connectivity index (χ4n) is 2.76. The molecule has 6 heteroatoms. The van der Waals surface area contributed by atoms with Crippen molar-refractivity contribution in [2.75, 3.05) is 19.0 Å². The number of rotatable bonds is 8. The summed E-state index contributed by atoms with van der Waals surface area (Å²) < 4.78 is 16.0. The van der Waals surface area contributed by atoms with Gasteiger partial charge >= 0.3 is 5.97 Å². The Morgan fingerprint density at radius 1 is 1.10 bits per heavy atom. The Kier molecular flexibility index (Phi) is 7.83. The van der Waals surface area contributed by atoms with Crippen molar-refractivity contribution in [2.24, 2.45) is 0 Å². The summed E-state index contributed by atoms with van der Waals surface area (Å²) in [7, 11) is 1.53. The van der Waals surface area contributed by atoms with Crippen LogP contribution < -0.4 is 14.8 Å². The molecule has 6 nitrogen and oxygen atoms in total. The van der Waals surface area contributed by atoms with Gasteiger partial charge in [0.2, 0.25) is 0 Å². The number of amides is 1. The minimum atomic E-state index is -0.955. The molecule has 0 radical (unpaired) electrons. The standard InChI is InChI=1S/C23H27NO5/c1-6-8-18-11-12-19(20(13-18)27-5)28-14-21(25)29-17(4)23(26)24-22-15(2)9-7-10-16(22)3/h6-13,17H,14H2,1-5H3,(H,24,26)/b8-6+/t17-/m0/s1. The molecule has 0 heterocycles. The number of carbonyl (C=O) groups excluding carboxylic acids is 2. The Morgan fingerprint density at radius 3 is 2.41 bits per heavy atom. The number of anilines is 1. The van der Waals surface area contributed by atoms with E-state index < -0.39 is 18.0 Å². The van der Waals surface area contributed by atoms with E-state index in [1.165, 1.54) is 14.0 Å². The predicted octanol–water partition coefficient (Wildman–Crippen LogP) is 4.29. The summed E-state index contributed by atoms with van der Waals surface area (Å²) >= 11 is 0. The van der Waals surface area contributed by atoms with Gasteiger partial charge in [-0.25, -0.2) is 4.79 Å². The van der Waals surface area contributed by atoms with Crippen LogP contribution in [0, 0.1) is 13.8 Å². The summed E-state index contributed by atoms with van der Waals surface area (Å²) in [5, 5.41) is 2.81. The fraction of sp³-hybridized carbons (Fsp3) is 0.304. The molecule has 0 bridgehead atoms. The first-order valence-corrected chi connectivity index (χ1v) is 9.35. The van der Waals surface area contributed by atoms with Crippen molar-refractivity contribution in [2.45, 2.75) is 33.8 Å². The van der Waals surface area contributed by atoms with Crippen LogP contribution in [0.15, 0.2) is 42.5 Å². The smallest absolute Gasteiger partial charge is 0.344 e. The molecular formula is C23H27NO5. The molecule has 0 saturated heterocycles. The highest BCUT2D eigenvalue weighted by molar-refractivity contribution is 5.96.